The van der Waals surface area contributed by atoms with Gasteiger partial charge in [0.1, 0.15) is 0 Å². The van der Waals surface area contributed by atoms with Crippen LogP contribution in [0.2, 0.25) is 0 Å². The predicted molar refractivity (Wildman–Crippen MR) is 77.8 cm³/mol. The number of hydrogen-bond donors (Lipinski definition) is 2. The molecule has 2 nitrogen and oxygen atoms in total. The van der Waals surface area contributed by atoms with Crippen molar-refractivity contribution in [3.05, 3.63) is 35.4 Å². The molecule has 0 aliphatic rings. The van der Waals surface area contributed by atoms with Gasteiger partial charge >= 0.3 is 0 Å². The number of rotatable bonds is 6. The first-order valence-electron chi connectivity index (χ1n) is 6.94. The highest BCUT2D eigenvalue weighted by Gasteiger charge is 2.11. The summed E-state index contributed by atoms with van der Waals surface area (Å²) in [5.74, 6) is 0.580. The second-order valence-electron chi connectivity index (χ2n) is 5.70. The molecule has 18 heavy (non-hydrogen) atoms. The summed E-state index contributed by atoms with van der Waals surface area (Å²) in [4.78, 5) is 0. The molecule has 0 radical (unpaired) electrons. The van der Waals surface area contributed by atoms with E-state index in [0.717, 1.165) is 6.42 Å². The molecule has 0 saturated heterocycles. The standard InChI is InChI=1S/C16H27NO/c1-11(2)15-6-8-16(9-7-15)14(5)17-12(3)10-13(4)18/h6-9,11-14,17-18H,10H2,1-5H3. The van der Waals surface area contributed by atoms with E-state index in [0.29, 0.717) is 18.0 Å². The topological polar surface area (TPSA) is 32.3 Å². The summed E-state index contributed by atoms with van der Waals surface area (Å²) in [5, 5.41) is 12.9. The minimum atomic E-state index is -0.247. The minimum absolute atomic E-state index is 0.247. The van der Waals surface area contributed by atoms with Crippen molar-refractivity contribution >= 4 is 0 Å². The van der Waals surface area contributed by atoms with E-state index in [2.05, 4.69) is 57.3 Å². The van der Waals surface area contributed by atoms with Crippen LogP contribution in [0, 0.1) is 0 Å². The highest BCUT2D eigenvalue weighted by atomic mass is 16.3. The van der Waals surface area contributed by atoms with Crippen molar-refractivity contribution in [2.24, 2.45) is 0 Å². The Hall–Kier alpha value is -0.860. The Morgan fingerprint density at radius 1 is 0.944 bits per heavy atom. The zero-order valence-electron chi connectivity index (χ0n) is 12.3. The average molecular weight is 249 g/mol. The molecule has 0 heterocycles. The van der Waals surface area contributed by atoms with Crippen LogP contribution in [0.15, 0.2) is 24.3 Å². The first-order valence-corrected chi connectivity index (χ1v) is 6.94. The molecule has 1 aromatic carbocycles. The summed E-state index contributed by atoms with van der Waals surface area (Å²) in [5.41, 5.74) is 2.68. The smallest absolute Gasteiger partial charge is 0.0526 e. The molecular weight excluding hydrogens is 222 g/mol. The van der Waals surface area contributed by atoms with E-state index < -0.39 is 0 Å². The van der Waals surface area contributed by atoms with E-state index in [1.54, 1.807) is 0 Å². The number of aliphatic hydroxyl groups excluding tert-OH is 1. The van der Waals surface area contributed by atoms with Crippen molar-refractivity contribution in [2.45, 2.75) is 65.1 Å². The van der Waals surface area contributed by atoms with Crippen molar-refractivity contribution in [3.63, 3.8) is 0 Å². The summed E-state index contributed by atoms with van der Waals surface area (Å²) in [6, 6.07) is 9.45. The molecule has 0 fully saturated rings. The van der Waals surface area contributed by atoms with Crippen molar-refractivity contribution < 1.29 is 5.11 Å². The van der Waals surface area contributed by atoms with E-state index in [9.17, 15) is 5.11 Å². The molecule has 2 heteroatoms. The molecular formula is C16H27NO. The summed E-state index contributed by atoms with van der Waals surface area (Å²) in [7, 11) is 0. The lowest BCUT2D eigenvalue weighted by molar-refractivity contribution is 0.168. The largest absolute Gasteiger partial charge is 0.393 e. The van der Waals surface area contributed by atoms with E-state index in [4.69, 9.17) is 0 Å². The Bertz CT molecular complexity index is 343. The molecule has 0 aliphatic carbocycles. The molecule has 0 amide bonds. The van der Waals surface area contributed by atoms with Crippen LogP contribution in [0.25, 0.3) is 0 Å². The van der Waals surface area contributed by atoms with Crippen molar-refractivity contribution in [1.29, 1.82) is 0 Å². The van der Waals surface area contributed by atoms with Crippen molar-refractivity contribution in [2.75, 3.05) is 0 Å². The molecule has 1 rings (SSSR count). The lowest BCUT2D eigenvalue weighted by Gasteiger charge is -2.21. The van der Waals surface area contributed by atoms with E-state index in [1.165, 1.54) is 11.1 Å². The third-order valence-electron chi connectivity index (χ3n) is 3.33. The molecule has 102 valence electrons. The minimum Gasteiger partial charge on any atom is -0.393 e. The molecule has 0 aromatic heterocycles. The Labute approximate surface area is 111 Å². The maximum absolute atomic E-state index is 9.36. The van der Waals surface area contributed by atoms with Gasteiger partial charge in [0.15, 0.2) is 0 Å². The summed E-state index contributed by atoms with van der Waals surface area (Å²) >= 11 is 0. The van der Waals surface area contributed by atoms with E-state index in [1.807, 2.05) is 6.92 Å². The molecule has 0 aliphatic heterocycles. The maximum Gasteiger partial charge on any atom is 0.0526 e. The zero-order chi connectivity index (χ0) is 13.7. The van der Waals surface area contributed by atoms with Gasteiger partial charge < -0.3 is 10.4 Å². The number of aliphatic hydroxyl groups is 1. The van der Waals surface area contributed by atoms with Crippen molar-refractivity contribution in [3.8, 4) is 0 Å². The number of nitrogens with one attached hydrogen (secondary N) is 1. The second kappa shape index (κ2) is 6.91. The molecule has 1 aromatic rings. The zero-order valence-corrected chi connectivity index (χ0v) is 12.3. The summed E-state index contributed by atoms with van der Waals surface area (Å²) < 4.78 is 0. The van der Waals surface area contributed by atoms with Crippen LogP contribution in [0.1, 0.15) is 64.1 Å². The maximum atomic E-state index is 9.36. The van der Waals surface area contributed by atoms with Crippen LogP contribution < -0.4 is 5.32 Å². The molecule has 0 spiro atoms. The van der Waals surface area contributed by atoms with Crippen LogP contribution in [0.4, 0.5) is 0 Å². The van der Waals surface area contributed by atoms with Gasteiger partial charge in [-0.15, -0.1) is 0 Å². The molecule has 3 unspecified atom stereocenters. The Kier molecular flexibility index (Phi) is 5.83. The first-order chi connectivity index (χ1) is 8.40. The van der Waals surface area contributed by atoms with Crippen LogP contribution in [-0.4, -0.2) is 17.3 Å². The fraction of sp³-hybridized carbons (Fsp3) is 0.625. The second-order valence-corrected chi connectivity index (χ2v) is 5.70. The summed E-state index contributed by atoms with van der Waals surface area (Å²) in [6.45, 7) is 10.5. The highest BCUT2D eigenvalue weighted by molar-refractivity contribution is 5.26. The normalized spacial score (nSPS) is 16.6. The highest BCUT2D eigenvalue weighted by Crippen LogP contribution is 2.19. The van der Waals surface area contributed by atoms with Gasteiger partial charge in [0, 0.05) is 12.1 Å². The van der Waals surface area contributed by atoms with Gasteiger partial charge in [-0.25, -0.2) is 0 Å². The number of benzene rings is 1. The Morgan fingerprint density at radius 2 is 1.44 bits per heavy atom. The van der Waals surface area contributed by atoms with Gasteiger partial charge in [0.05, 0.1) is 6.10 Å². The number of hydrogen-bond acceptors (Lipinski definition) is 2. The van der Waals surface area contributed by atoms with Gasteiger partial charge in [-0.05, 0) is 44.2 Å². The SMILES string of the molecule is CC(O)CC(C)NC(C)c1ccc(C(C)C)cc1. The average Bonchev–Trinajstić information content (AvgIpc) is 2.27. The lowest BCUT2D eigenvalue weighted by atomic mass is 9.99. The van der Waals surface area contributed by atoms with Gasteiger partial charge in [-0.3, -0.25) is 0 Å². The van der Waals surface area contributed by atoms with E-state index in [-0.39, 0.29) is 6.10 Å². The van der Waals surface area contributed by atoms with Gasteiger partial charge in [0.2, 0.25) is 0 Å². The van der Waals surface area contributed by atoms with Crippen LogP contribution in [0.3, 0.4) is 0 Å². The third kappa shape index (κ3) is 4.79. The molecule has 0 bridgehead atoms. The predicted octanol–water partition coefficient (Wildman–Crippen LogP) is 3.62. The summed E-state index contributed by atoms with van der Waals surface area (Å²) in [6.07, 6.45) is 0.539. The molecule has 0 saturated carbocycles. The van der Waals surface area contributed by atoms with E-state index >= 15 is 0 Å². The fourth-order valence-corrected chi connectivity index (χ4v) is 2.27. The molecule has 3 atom stereocenters. The van der Waals surface area contributed by atoms with Crippen LogP contribution >= 0.6 is 0 Å². The lowest BCUT2D eigenvalue weighted by Crippen LogP contribution is -2.31. The quantitative estimate of drug-likeness (QED) is 0.807. The van der Waals surface area contributed by atoms with Gasteiger partial charge in [-0.1, -0.05) is 38.1 Å². The third-order valence-corrected chi connectivity index (χ3v) is 3.33. The van der Waals surface area contributed by atoms with Gasteiger partial charge in [0.25, 0.3) is 0 Å². The van der Waals surface area contributed by atoms with Gasteiger partial charge in [-0.2, -0.15) is 0 Å². The fourth-order valence-electron chi connectivity index (χ4n) is 2.27. The van der Waals surface area contributed by atoms with Crippen LogP contribution in [0.5, 0.6) is 0 Å². The molecule has 2 N–H and O–H groups in total. The van der Waals surface area contributed by atoms with Crippen molar-refractivity contribution in [1.82, 2.24) is 5.32 Å². The monoisotopic (exact) mass is 249 g/mol. The van der Waals surface area contributed by atoms with Crippen LogP contribution in [-0.2, 0) is 0 Å². The Morgan fingerprint density at radius 3 is 1.89 bits per heavy atom. The first kappa shape index (κ1) is 15.2. The Balaban J connectivity index is 2.58.